The highest BCUT2D eigenvalue weighted by atomic mass is 35.5. The van der Waals surface area contributed by atoms with Crippen molar-refractivity contribution in [2.75, 3.05) is 17.2 Å². The summed E-state index contributed by atoms with van der Waals surface area (Å²) in [5.74, 6) is 0.630. The molecule has 102 valence electrons. The summed E-state index contributed by atoms with van der Waals surface area (Å²) in [6, 6.07) is 5.24. The third kappa shape index (κ3) is 4.07. The Morgan fingerprint density at radius 1 is 1.33 bits per heavy atom. The van der Waals surface area contributed by atoms with E-state index in [2.05, 4.69) is 0 Å². The number of rotatable bonds is 4. The standard InChI is InChI=1S/C12H18ClNO2S2/c1-12(2,3)18(15,16)7-6-17-11-5-4-9(14)8-10(11)13/h4-5,8H,6-7,14H2,1-3H3. The number of anilines is 1. The van der Waals surface area contributed by atoms with Gasteiger partial charge in [-0.3, -0.25) is 0 Å². The molecule has 3 nitrogen and oxygen atoms in total. The fourth-order valence-corrected chi connectivity index (χ4v) is 3.96. The SMILES string of the molecule is CC(C)(C)S(=O)(=O)CCSc1ccc(N)cc1Cl. The first-order valence-electron chi connectivity index (χ1n) is 5.53. The third-order valence-electron chi connectivity index (χ3n) is 2.50. The van der Waals surface area contributed by atoms with Crippen LogP contribution in [0.4, 0.5) is 5.69 Å². The highest BCUT2D eigenvalue weighted by Crippen LogP contribution is 2.29. The predicted octanol–water partition coefficient (Wildman–Crippen LogP) is 3.23. The molecule has 0 radical (unpaired) electrons. The molecule has 0 aliphatic heterocycles. The molecule has 0 atom stereocenters. The van der Waals surface area contributed by atoms with Gasteiger partial charge in [-0.25, -0.2) is 8.42 Å². The van der Waals surface area contributed by atoms with Gasteiger partial charge in [0, 0.05) is 16.3 Å². The van der Waals surface area contributed by atoms with Crippen LogP contribution in [0.3, 0.4) is 0 Å². The minimum atomic E-state index is -3.08. The van der Waals surface area contributed by atoms with Crippen molar-refractivity contribution in [1.29, 1.82) is 0 Å². The number of benzene rings is 1. The Morgan fingerprint density at radius 3 is 2.44 bits per heavy atom. The van der Waals surface area contributed by atoms with Crippen molar-refractivity contribution in [1.82, 2.24) is 0 Å². The van der Waals surface area contributed by atoms with E-state index >= 15 is 0 Å². The Labute approximate surface area is 118 Å². The molecule has 0 unspecified atom stereocenters. The fourth-order valence-electron chi connectivity index (χ4n) is 1.20. The molecule has 0 bridgehead atoms. The minimum Gasteiger partial charge on any atom is -0.399 e. The van der Waals surface area contributed by atoms with Crippen molar-refractivity contribution < 1.29 is 8.42 Å². The monoisotopic (exact) mass is 307 g/mol. The zero-order chi connectivity index (χ0) is 14.0. The van der Waals surface area contributed by atoms with Crippen LogP contribution in [-0.2, 0) is 9.84 Å². The summed E-state index contributed by atoms with van der Waals surface area (Å²) < 4.78 is 23.1. The van der Waals surface area contributed by atoms with Crippen LogP contribution in [0.5, 0.6) is 0 Å². The summed E-state index contributed by atoms with van der Waals surface area (Å²) in [7, 11) is -3.08. The van der Waals surface area contributed by atoms with Crippen molar-refractivity contribution in [3.05, 3.63) is 23.2 Å². The third-order valence-corrected chi connectivity index (χ3v) is 6.86. The molecular weight excluding hydrogens is 290 g/mol. The topological polar surface area (TPSA) is 60.2 Å². The number of nitrogen functional groups attached to an aromatic ring is 1. The van der Waals surface area contributed by atoms with Gasteiger partial charge in [0.2, 0.25) is 0 Å². The Bertz CT molecular complexity index is 521. The van der Waals surface area contributed by atoms with Crippen LogP contribution in [0.1, 0.15) is 20.8 Å². The second-order valence-corrected chi connectivity index (χ2v) is 9.38. The van der Waals surface area contributed by atoms with Crippen molar-refractivity contribution in [2.45, 2.75) is 30.4 Å². The van der Waals surface area contributed by atoms with E-state index in [9.17, 15) is 8.42 Å². The highest BCUT2D eigenvalue weighted by Gasteiger charge is 2.28. The quantitative estimate of drug-likeness (QED) is 0.685. The second-order valence-electron chi connectivity index (χ2n) is 4.97. The first kappa shape index (κ1) is 15.7. The predicted molar refractivity (Wildman–Crippen MR) is 80.1 cm³/mol. The van der Waals surface area contributed by atoms with Gasteiger partial charge < -0.3 is 5.73 Å². The van der Waals surface area contributed by atoms with E-state index in [4.69, 9.17) is 17.3 Å². The van der Waals surface area contributed by atoms with Gasteiger partial charge in [0.25, 0.3) is 0 Å². The van der Waals surface area contributed by atoms with Crippen LogP contribution in [0, 0.1) is 0 Å². The molecule has 0 heterocycles. The number of thioether (sulfide) groups is 1. The molecule has 2 N–H and O–H groups in total. The number of hydrogen-bond acceptors (Lipinski definition) is 4. The number of sulfone groups is 1. The summed E-state index contributed by atoms with van der Waals surface area (Å²) in [5.41, 5.74) is 6.20. The van der Waals surface area contributed by atoms with Crippen LogP contribution < -0.4 is 5.73 Å². The molecule has 18 heavy (non-hydrogen) atoms. The number of nitrogens with two attached hydrogens (primary N) is 1. The lowest BCUT2D eigenvalue weighted by molar-refractivity contribution is 0.562. The average molecular weight is 308 g/mol. The molecule has 0 saturated carbocycles. The zero-order valence-corrected chi connectivity index (χ0v) is 13.1. The van der Waals surface area contributed by atoms with Crippen molar-refractivity contribution >= 4 is 38.9 Å². The van der Waals surface area contributed by atoms with Crippen LogP contribution in [0.25, 0.3) is 0 Å². The molecular formula is C12H18ClNO2S2. The molecule has 1 rings (SSSR count). The van der Waals surface area contributed by atoms with E-state index < -0.39 is 14.6 Å². The molecule has 0 fully saturated rings. The van der Waals surface area contributed by atoms with Crippen LogP contribution in [0.2, 0.25) is 5.02 Å². The molecule has 0 spiro atoms. The smallest absolute Gasteiger partial charge is 0.156 e. The minimum absolute atomic E-state index is 0.141. The lowest BCUT2D eigenvalue weighted by Gasteiger charge is -2.18. The van der Waals surface area contributed by atoms with E-state index in [1.54, 1.807) is 32.9 Å². The van der Waals surface area contributed by atoms with Gasteiger partial charge in [0.1, 0.15) is 0 Å². The Hall–Kier alpha value is -0.390. The van der Waals surface area contributed by atoms with Crippen LogP contribution >= 0.6 is 23.4 Å². The summed E-state index contributed by atoms with van der Waals surface area (Å²) >= 11 is 7.45. The average Bonchev–Trinajstić information content (AvgIpc) is 2.19. The first-order valence-corrected chi connectivity index (χ1v) is 8.55. The molecule has 0 aliphatic rings. The molecule has 0 aliphatic carbocycles. The lowest BCUT2D eigenvalue weighted by Crippen LogP contribution is -2.31. The lowest BCUT2D eigenvalue weighted by atomic mass is 10.3. The van der Waals surface area contributed by atoms with Gasteiger partial charge in [0.15, 0.2) is 9.84 Å². The maximum absolute atomic E-state index is 11.9. The molecule has 1 aromatic rings. The summed E-state index contributed by atoms with van der Waals surface area (Å²) in [5, 5.41) is 0.563. The Morgan fingerprint density at radius 2 is 1.94 bits per heavy atom. The second kappa shape index (κ2) is 5.72. The highest BCUT2D eigenvalue weighted by molar-refractivity contribution is 8.01. The number of hydrogen-bond donors (Lipinski definition) is 1. The van der Waals surface area contributed by atoms with Gasteiger partial charge in [-0.15, -0.1) is 11.8 Å². The molecule has 6 heteroatoms. The fraction of sp³-hybridized carbons (Fsp3) is 0.500. The van der Waals surface area contributed by atoms with Crippen molar-refractivity contribution in [3.63, 3.8) is 0 Å². The normalized spacial score (nSPS) is 12.7. The van der Waals surface area contributed by atoms with Gasteiger partial charge in [-0.05, 0) is 39.0 Å². The van der Waals surface area contributed by atoms with E-state index in [0.29, 0.717) is 16.5 Å². The van der Waals surface area contributed by atoms with Gasteiger partial charge in [-0.2, -0.15) is 0 Å². The van der Waals surface area contributed by atoms with Crippen LogP contribution in [-0.4, -0.2) is 24.7 Å². The molecule has 1 aromatic carbocycles. The van der Waals surface area contributed by atoms with Crippen molar-refractivity contribution in [3.8, 4) is 0 Å². The summed E-state index contributed by atoms with van der Waals surface area (Å²) in [6.07, 6.45) is 0. The first-order chi connectivity index (χ1) is 8.13. The summed E-state index contributed by atoms with van der Waals surface area (Å²) in [6.45, 7) is 5.13. The van der Waals surface area contributed by atoms with Gasteiger partial charge >= 0.3 is 0 Å². The van der Waals surface area contributed by atoms with E-state index in [-0.39, 0.29) is 5.75 Å². The maximum atomic E-state index is 11.9. The number of halogens is 1. The summed E-state index contributed by atoms with van der Waals surface area (Å²) in [4.78, 5) is 0.856. The molecule has 0 aromatic heterocycles. The maximum Gasteiger partial charge on any atom is 0.156 e. The van der Waals surface area contributed by atoms with Gasteiger partial charge in [0.05, 0.1) is 15.5 Å². The molecule has 0 amide bonds. The molecule has 0 saturated heterocycles. The largest absolute Gasteiger partial charge is 0.399 e. The zero-order valence-electron chi connectivity index (χ0n) is 10.7. The van der Waals surface area contributed by atoms with E-state index in [1.807, 2.05) is 6.07 Å². The van der Waals surface area contributed by atoms with Gasteiger partial charge in [-0.1, -0.05) is 11.6 Å². The van der Waals surface area contributed by atoms with Crippen molar-refractivity contribution in [2.24, 2.45) is 0 Å². The van der Waals surface area contributed by atoms with Crippen LogP contribution in [0.15, 0.2) is 23.1 Å². The Balaban J connectivity index is 2.63. The van der Waals surface area contributed by atoms with E-state index in [0.717, 1.165) is 4.90 Å². The Kier molecular flexibility index (Phi) is 4.98. The van der Waals surface area contributed by atoms with E-state index in [1.165, 1.54) is 11.8 Å².